The summed E-state index contributed by atoms with van der Waals surface area (Å²) >= 11 is 0. The van der Waals surface area contributed by atoms with Crippen LogP contribution in [0, 0.1) is 0 Å². The first kappa shape index (κ1) is 17.1. The number of rotatable bonds is 4. The van der Waals surface area contributed by atoms with Crippen molar-refractivity contribution < 1.29 is 4.74 Å². The Morgan fingerprint density at radius 1 is 1.09 bits per heavy atom. The minimum atomic E-state index is 0.234. The van der Waals surface area contributed by atoms with E-state index in [0.717, 1.165) is 18.8 Å². The third kappa shape index (κ3) is 3.09. The van der Waals surface area contributed by atoms with Crippen LogP contribution in [0.3, 0.4) is 0 Å². The van der Waals surface area contributed by atoms with Crippen LogP contribution in [0.2, 0.25) is 0 Å². The average molecular weight is 300 g/mol. The van der Waals surface area contributed by atoms with Crippen LogP contribution in [0.15, 0.2) is 18.2 Å². The van der Waals surface area contributed by atoms with Gasteiger partial charge in [-0.25, -0.2) is 0 Å². The molecule has 0 heterocycles. The summed E-state index contributed by atoms with van der Waals surface area (Å²) in [5, 5.41) is 0. The first-order valence-corrected chi connectivity index (χ1v) is 8.68. The van der Waals surface area contributed by atoms with E-state index in [4.69, 9.17) is 4.74 Å². The van der Waals surface area contributed by atoms with E-state index in [2.05, 4.69) is 66.7 Å². The van der Waals surface area contributed by atoms with Gasteiger partial charge in [0, 0.05) is 5.56 Å². The normalized spacial score (nSPS) is 19.7. The second-order valence-corrected chi connectivity index (χ2v) is 7.98. The highest BCUT2D eigenvalue weighted by Crippen LogP contribution is 2.48. The highest BCUT2D eigenvalue weighted by atomic mass is 16.5. The van der Waals surface area contributed by atoms with Gasteiger partial charge in [-0.3, -0.25) is 0 Å². The van der Waals surface area contributed by atoms with E-state index < -0.39 is 0 Å². The van der Waals surface area contributed by atoms with Gasteiger partial charge < -0.3 is 4.74 Å². The molecule has 0 atom stereocenters. The lowest BCUT2D eigenvalue weighted by Gasteiger charge is -2.42. The summed E-state index contributed by atoms with van der Waals surface area (Å²) < 4.78 is 6.10. The van der Waals surface area contributed by atoms with Crippen LogP contribution in [-0.4, -0.2) is 6.61 Å². The molecule has 1 aliphatic carbocycles. The standard InChI is InChI=1S/C21H32O/c1-8-12-22-19-14-18-17(13-16(19)15(3)9-2)20(4,5)10-11-21(18,6)7/h9,13-14H,8,10-12H2,1-7H3. The van der Waals surface area contributed by atoms with Gasteiger partial charge in [-0.15, -0.1) is 0 Å². The second-order valence-electron chi connectivity index (χ2n) is 7.98. The van der Waals surface area contributed by atoms with Gasteiger partial charge >= 0.3 is 0 Å². The summed E-state index contributed by atoms with van der Waals surface area (Å²) in [5.74, 6) is 1.06. The zero-order valence-electron chi connectivity index (χ0n) is 15.5. The van der Waals surface area contributed by atoms with E-state index in [9.17, 15) is 0 Å². The molecular formula is C21H32O. The molecule has 0 spiro atoms. The minimum absolute atomic E-state index is 0.234. The molecule has 0 unspecified atom stereocenters. The molecule has 1 nitrogen and oxygen atoms in total. The van der Waals surface area contributed by atoms with E-state index in [1.165, 1.54) is 35.1 Å². The third-order valence-corrected chi connectivity index (χ3v) is 5.27. The Balaban J connectivity index is 2.66. The van der Waals surface area contributed by atoms with Gasteiger partial charge in [0.25, 0.3) is 0 Å². The summed E-state index contributed by atoms with van der Waals surface area (Å²) in [6.45, 7) is 16.7. The van der Waals surface area contributed by atoms with Crippen molar-refractivity contribution in [3.05, 3.63) is 34.9 Å². The van der Waals surface area contributed by atoms with Crippen LogP contribution in [0.5, 0.6) is 5.75 Å². The van der Waals surface area contributed by atoms with E-state index in [1.54, 1.807) is 0 Å². The van der Waals surface area contributed by atoms with Crippen LogP contribution >= 0.6 is 0 Å². The number of hydrogen-bond donors (Lipinski definition) is 0. The van der Waals surface area contributed by atoms with E-state index in [1.807, 2.05) is 0 Å². The fraction of sp³-hybridized carbons (Fsp3) is 0.619. The van der Waals surface area contributed by atoms with Gasteiger partial charge in [-0.1, -0.05) is 40.7 Å². The fourth-order valence-electron chi connectivity index (χ4n) is 3.39. The first-order valence-electron chi connectivity index (χ1n) is 8.68. The lowest BCUT2D eigenvalue weighted by Crippen LogP contribution is -2.34. The maximum absolute atomic E-state index is 6.10. The maximum Gasteiger partial charge on any atom is 0.127 e. The second kappa shape index (κ2) is 6.10. The Morgan fingerprint density at radius 3 is 2.14 bits per heavy atom. The largest absolute Gasteiger partial charge is 0.493 e. The van der Waals surface area contributed by atoms with Crippen molar-refractivity contribution in [2.45, 2.75) is 78.6 Å². The van der Waals surface area contributed by atoms with Crippen molar-refractivity contribution in [3.8, 4) is 5.75 Å². The van der Waals surface area contributed by atoms with Crippen molar-refractivity contribution in [2.24, 2.45) is 0 Å². The van der Waals surface area contributed by atoms with Crippen LogP contribution in [0.25, 0.3) is 5.57 Å². The molecule has 1 aromatic rings. The molecule has 0 saturated carbocycles. The summed E-state index contributed by atoms with van der Waals surface area (Å²) in [6, 6.07) is 4.73. The molecule has 1 aromatic carbocycles. The quantitative estimate of drug-likeness (QED) is 0.638. The fourth-order valence-corrected chi connectivity index (χ4v) is 3.39. The molecule has 1 aliphatic rings. The van der Waals surface area contributed by atoms with Crippen molar-refractivity contribution in [3.63, 3.8) is 0 Å². The zero-order valence-corrected chi connectivity index (χ0v) is 15.5. The van der Waals surface area contributed by atoms with Crippen LogP contribution in [0.4, 0.5) is 0 Å². The monoisotopic (exact) mass is 300 g/mol. The molecule has 0 N–H and O–H groups in total. The van der Waals surface area contributed by atoms with E-state index in [-0.39, 0.29) is 10.8 Å². The van der Waals surface area contributed by atoms with Crippen molar-refractivity contribution >= 4 is 5.57 Å². The number of fused-ring (bicyclic) bond motifs is 1. The van der Waals surface area contributed by atoms with Gasteiger partial charge in [-0.05, 0) is 72.8 Å². The average Bonchev–Trinajstić information content (AvgIpc) is 2.48. The third-order valence-electron chi connectivity index (χ3n) is 5.27. The Hall–Kier alpha value is -1.24. The first-order chi connectivity index (χ1) is 10.2. The smallest absolute Gasteiger partial charge is 0.127 e. The zero-order chi connectivity index (χ0) is 16.5. The number of benzene rings is 1. The summed E-state index contributed by atoms with van der Waals surface area (Å²) in [7, 11) is 0. The van der Waals surface area contributed by atoms with Crippen molar-refractivity contribution in [1.82, 2.24) is 0 Å². The molecule has 0 radical (unpaired) electrons. The Labute approximate surface area is 136 Å². The van der Waals surface area contributed by atoms with E-state index in [0.29, 0.717) is 0 Å². The molecular weight excluding hydrogens is 268 g/mol. The molecule has 0 fully saturated rings. The topological polar surface area (TPSA) is 9.23 Å². The highest BCUT2D eigenvalue weighted by molar-refractivity contribution is 5.71. The van der Waals surface area contributed by atoms with Crippen LogP contribution in [0.1, 0.15) is 84.4 Å². The SMILES string of the molecule is CC=C(C)c1cc2c(cc1OCCC)C(C)(C)CCC2(C)C. The summed E-state index contributed by atoms with van der Waals surface area (Å²) in [5.41, 5.74) is 6.02. The number of ether oxygens (including phenoxy) is 1. The van der Waals surface area contributed by atoms with Gasteiger partial charge in [-0.2, -0.15) is 0 Å². The number of allylic oxidation sites excluding steroid dienone is 2. The predicted octanol–water partition coefficient (Wildman–Crippen LogP) is 6.25. The lowest BCUT2D eigenvalue weighted by atomic mass is 9.62. The Kier molecular flexibility index (Phi) is 4.75. The predicted molar refractivity (Wildman–Crippen MR) is 96.8 cm³/mol. The maximum atomic E-state index is 6.10. The molecule has 22 heavy (non-hydrogen) atoms. The van der Waals surface area contributed by atoms with Gasteiger partial charge in [0.2, 0.25) is 0 Å². The van der Waals surface area contributed by atoms with Crippen molar-refractivity contribution in [1.29, 1.82) is 0 Å². The molecule has 2 rings (SSSR count). The highest BCUT2D eigenvalue weighted by Gasteiger charge is 2.37. The minimum Gasteiger partial charge on any atom is -0.493 e. The molecule has 122 valence electrons. The molecule has 0 aromatic heterocycles. The number of hydrogen-bond acceptors (Lipinski definition) is 1. The van der Waals surface area contributed by atoms with E-state index >= 15 is 0 Å². The molecule has 0 aliphatic heterocycles. The van der Waals surface area contributed by atoms with Crippen LogP contribution < -0.4 is 4.74 Å². The molecule has 0 saturated heterocycles. The Bertz CT molecular complexity index is 576. The van der Waals surface area contributed by atoms with Crippen molar-refractivity contribution in [2.75, 3.05) is 6.61 Å². The summed E-state index contributed by atoms with van der Waals surface area (Å²) in [4.78, 5) is 0. The van der Waals surface area contributed by atoms with Crippen LogP contribution in [-0.2, 0) is 10.8 Å². The summed E-state index contributed by atoms with van der Waals surface area (Å²) in [6.07, 6.45) is 5.71. The lowest BCUT2D eigenvalue weighted by molar-refractivity contribution is 0.306. The van der Waals surface area contributed by atoms with Gasteiger partial charge in [0.05, 0.1) is 6.61 Å². The Morgan fingerprint density at radius 2 is 1.64 bits per heavy atom. The molecule has 0 amide bonds. The molecule has 1 heteroatoms. The van der Waals surface area contributed by atoms with Gasteiger partial charge in [0.1, 0.15) is 5.75 Å². The van der Waals surface area contributed by atoms with Gasteiger partial charge in [0.15, 0.2) is 0 Å². The molecule has 0 bridgehead atoms.